The van der Waals surface area contributed by atoms with E-state index >= 15 is 0 Å². The lowest BCUT2D eigenvalue weighted by molar-refractivity contribution is 1.08. The van der Waals surface area contributed by atoms with Gasteiger partial charge in [-0.3, -0.25) is 0 Å². The van der Waals surface area contributed by atoms with Crippen LogP contribution in [0, 0.1) is 6.92 Å². The zero-order chi connectivity index (χ0) is 19.8. The summed E-state index contributed by atoms with van der Waals surface area (Å²) in [4.78, 5) is 21.0. The van der Waals surface area contributed by atoms with Crippen LogP contribution in [0.25, 0.3) is 33.3 Å². The number of aromatic amines is 1. The third-order valence-electron chi connectivity index (χ3n) is 4.81. The monoisotopic (exact) mass is 417 g/mol. The fourth-order valence-electron chi connectivity index (χ4n) is 3.39. The van der Waals surface area contributed by atoms with Crippen LogP contribution in [0.5, 0.6) is 0 Å². The molecule has 7 heteroatoms. The maximum absolute atomic E-state index is 6.52. The van der Waals surface area contributed by atoms with Crippen molar-refractivity contribution in [2.24, 2.45) is 0 Å². The molecule has 0 atom stereocenters. The van der Waals surface area contributed by atoms with Gasteiger partial charge in [-0.05, 0) is 30.2 Å². The van der Waals surface area contributed by atoms with Gasteiger partial charge >= 0.3 is 0 Å². The van der Waals surface area contributed by atoms with Gasteiger partial charge < -0.3 is 4.98 Å². The van der Waals surface area contributed by atoms with E-state index in [1.165, 1.54) is 0 Å². The van der Waals surface area contributed by atoms with E-state index in [2.05, 4.69) is 51.1 Å². The number of aromatic nitrogens is 5. The minimum absolute atomic E-state index is 0.668. The van der Waals surface area contributed by atoms with Gasteiger partial charge in [-0.1, -0.05) is 59.8 Å². The van der Waals surface area contributed by atoms with Gasteiger partial charge in [0.1, 0.15) is 16.9 Å². The Morgan fingerprint density at radius 1 is 1.03 bits per heavy atom. The van der Waals surface area contributed by atoms with Gasteiger partial charge in [-0.2, -0.15) is 0 Å². The second-order valence-electron chi connectivity index (χ2n) is 6.69. The molecule has 142 valence electrons. The molecular weight excluding hydrogens is 402 g/mol. The number of imidazole rings is 1. The number of H-pyrrole nitrogens is 1. The Kier molecular flexibility index (Phi) is 4.66. The van der Waals surface area contributed by atoms with Crippen molar-refractivity contribution in [2.75, 3.05) is 0 Å². The van der Waals surface area contributed by atoms with E-state index < -0.39 is 0 Å². The number of hydrogen-bond donors (Lipinski definition) is 1. The molecule has 0 aliphatic rings. The van der Waals surface area contributed by atoms with Gasteiger partial charge in [0, 0.05) is 21.7 Å². The standard InChI is InChI=1S/C22H16ClN5S/c1-13-5-4-6-14-9-15(10-29-22-20-21(25-11-24-20)26-12-27-22)19(28-18(13)14)16-7-2-3-8-17(16)23/h2-9,11-12H,10H2,1H3,(H,24,25,26,27). The number of benzene rings is 2. The highest BCUT2D eigenvalue weighted by Gasteiger charge is 2.15. The molecule has 2 aromatic carbocycles. The zero-order valence-electron chi connectivity index (χ0n) is 15.6. The van der Waals surface area contributed by atoms with Crippen molar-refractivity contribution in [1.82, 2.24) is 24.9 Å². The average molecular weight is 418 g/mol. The fourth-order valence-corrected chi connectivity index (χ4v) is 4.54. The van der Waals surface area contributed by atoms with Gasteiger partial charge in [0.15, 0.2) is 5.65 Å². The quantitative estimate of drug-likeness (QED) is 0.294. The first kappa shape index (κ1) is 18.1. The molecule has 0 bridgehead atoms. The van der Waals surface area contributed by atoms with Crippen LogP contribution in [0.1, 0.15) is 11.1 Å². The third kappa shape index (κ3) is 3.34. The molecule has 0 saturated heterocycles. The molecule has 5 nitrogen and oxygen atoms in total. The lowest BCUT2D eigenvalue weighted by Gasteiger charge is -2.13. The van der Waals surface area contributed by atoms with Crippen LogP contribution in [0.4, 0.5) is 0 Å². The third-order valence-corrected chi connectivity index (χ3v) is 6.18. The first-order valence-corrected chi connectivity index (χ1v) is 10.5. The number of fused-ring (bicyclic) bond motifs is 2. The average Bonchev–Trinajstić information content (AvgIpc) is 3.22. The van der Waals surface area contributed by atoms with Crippen molar-refractivity contribution >= 4 is 45.4 Å². The lowest BCUT2D eigenvalue weighted by atomic mass is 10.0. The van der Waals surface area contributed by atoms with Crippen molar-refractivity contribution in [3.05, 3.63) is 77.3 Å². The largest absolute Gasteiger partial charge is 0.341 e. The number of hydrogen-bond acceptors (Lipinski definition) is 5. The summed E-state index contributed by atoms with van der Waals surface area (Å²) in [6, 6.07) is 16.3. The molecule has 0 spiro atoms. The molecule has 0 aliphatic heterocycles. The van der Waals surface area contributed by atoms with Crippen LogP contribution < -0.4 is 0 Å². The van der Waals surface area contributed by atoms with Crippen molar-refractivity contribution in [3.63, 3.8) is 0 Å². The predicted molar refractivity (Wildman–Crippen MR) is 118 cm³/mol. The number of halogens is 1. The maximum Gasteiger partial charge on any atom is 0.181 e. The van der Waals surface area contributed by atoms with E-state index in [-0.39, 0.29) is 0 Å². The van der Waals surface area contributed by atoms with Crippen molar-refractivity contribution in [3.8, 4) is 11.3 Å². The number of nitrogens with one attached hydrogen (secondary N) is 1. The molecule has 0 aliphatic carbocycles. The number of para-hydroxylation sites is 1. The lowest BCUT2D eigenvalue weighted by Crippen LogP contribution is -1.96. The van der Waals surface area contributed by atoms with Gasteiger partial charge in [0.2, 0.25) is 0 Å². The van der Waals surface area contributed by atoms with Crippen LogP contribution in [-0.2, 0) is 5.75 Å². The minimum Gasteiger partial charge on any atom is -0.341 e. The van der Waals surface area contributed by atoms with E-state index in [0.717, 1.165) is 43.8 Å². The van der Waals surface area contributed by atoms with Crippen LogP contribution in [0.2, 0.25) is 5.02 Å². The summed E-state index contributed by atoms with van der Waals surface area (Å²) in [6.07, 6.45) is 3.18. The van der Waals surface area contributed by atoms with Crippen LogP contribution in [0.15, 0.2) is 66.2 Å². The van der Waals surface area contributed by atoms with Crippen LogP contribution >= 0.6 is 23.4 Å². The summed E-state index contributed by atoms with van der Waals surface area (Å²) < 4.78 is 0. The molecule has 1 N–H and O–H groups in total. The molecule has 3 aromatic heterocycles. The Morgan fingerprint density at radius 3 is 2.83 bits per heavy atom. The smallest absolute Gasteiger partial charge is 0.181 e. The van der Waals surface area contributed by atoms with E-state index in [9.17, 15) is 0 Å². The van der Waals surface area contributed by atoms with E-state index in [0.29, 0.717) is 16.4 Å². The maximum atomic E-state index is 6.52. The Balaban J connectivity index is 1.63. The molecule has 29 heavy (non-hydrogen) atoms. The molecule has 5 rings (SSSR count). The van der Waals surface area contributed by atoms with E-state index in [4.69, 9.17) is 16.6 Å². The van der Waals surface area contributed by atoms with Gasteiger partial charge in [0.05, 0.1) is 17.5 Å². The molecule has 5 aromatic rings. The van der Waals surface area contributed by atoms with Crippen molar-refractivity contribution in [1.29, 1.82) is 0 Å². The number of rotatable bonds is 4. The number of aryl methyl sites for hydroxylation is 1. The summed E-state index contributed by atoms with van der Waals surface area (Å²) in [5.74, 6) is 0.697. The zero-order valence-corrected chi connectivity index (χ0v) is 17.1. The number of nitrogens with zero attached hydrogens (tertiary/aromatic N) is 4. The van der Waals surface area contributed by atoms with Crippen molar-refractivity contribution in [2.45, 2.75) is 17.7 Å². The Bertz CT molecular complexity index is 1350. The second-order valence-corrected chi connectivity index (χ2v) is 8.06. The van der Waals surface area contributed by atoms with Crippen LogP contribution in [-0.4, -0.2) is 24.9 Å². The van der Waals surface area contributed by atoms with Crippen molar-refractivity contribution < 1.29 is 0 Å². The van der Waals surface area contributed by atoms with E-state index in [1.54, 1.807) is 24.4 Å². The first-order valence-electron chi connectivity index (χ1n) is 9.12. The van der Waals surface area contributed by atoms with Gasteiger partial charge in [0.25, 0.3) is 0 Å². The molecule has 3 heterocycles. The summed E-state index contributed by atoms with van der Waals surface area (Å²) in [6.45, 7) is 2.08. The highest BCUT2D eigenvalue weighted by atomic mass is 35.5. The topological polar surface area (TPSA) is 67.3 Å². The fraction of sp³-hybridized carbons (Fsp3) is 0.0909. The SMILES string of the molecule is Cc1cccc2cc(CSc3ncnc4nc[nH]c34)c(-c3ccccc3Cl)nc12. The molecular formula is C22H16ClN5S. The molecule has 0 radical (unpaired) electrons. The Morgan fingerprint density at radius 2 is 1.93 bits per heavy atom. The molecule has 0 fully saturated rings. The summed E-state index contributed by atoms with van der Waals surface area (Å²) >= 11 is 8.15. The highest BCUT2D eigenvalue weighted by Crippen LogP contribution is 2.35. The highest BCUT2D eigenvalue weighted by molar-refractivity contribution is 7.98. The molecule has 0 saturated carbocycles. The second kappa shape index (κ2) is 7.46. The summed E-state index contributed by atoms with van der Waals surface area (Å²) in [7, 11) is 0. The molecule has 0 amide bonds. The van der Waals surface area contributed by atoms with E-state index in [1.807, 2.05) is 24.3 Å². The number of thioether (sulfide) groups is 1. The van der Waals surface area contributed by atoms with Gasteiger partial charge in [-0.15, -0.1) is 0 Å². The Hall–Kier alpha value is -2.96. The normalized spacial score (nSPS) is 11.4. The summed E-state index contributed by atoms with van der Waals surface area (Å²) in [5, 5.41) is 2.67. The van der Waals surface area contributed by atoms with Crippen LogP contribution in [0.3, 0.4) is 0 Å². The predicted octanol–water partition coefficient (Wildman–Crippen LogP) is 5.82. The molecule has 0 unspecified atom stereocenters. The minimum atomic E-state index is 0.668. The number of pyridine rings is 1. The first-order chi connectivity index (χ1) is 14.2. The summed E-state index contributed by atoms with van der Waals surface area (Å²) in [5.41, 5.74) is 6.60. The van der Waals surface area contributed by atoms with Gasteiger partial charge in [-0.25, -0.2) is 19.9 Å². The Labute approximate surface area is 176 Å².